The van der Waals surface area contributed by atoms with Gasteiger partial charge in [-0.2, -0.15) is 0 Å². The number of amides is 2. The van der Waals surface area contributed by atoms with Crippen molar-refractivity contribution in [2.24, 2.45) is 5.41 Å². The Bertz CT molecular complexity index is 1780. The van der Waals surface area contributed by atoms with Gasteiger partial charge in [0.25, 0.3) is 0 Å². The number of thiophene rings is 1. The zero-order chi connectivity index (χ0) is 35.3. The molecule has 0 saturated heterocycles. The fourth-order valence-corrected chi connectivity index (χ4v) is 8.58. The van der Waals surface area contributed by atoms with Crippen LogP contribution in [-0.2, 0) is 12.8 Å². The van der Waals surface area contributed by atoms with E-state index in [1.54, 1.807) is 47.6 Å². The molecule has 2 aromatic heterocycles. The number of carbonyl (C=O) groups is 2. The summed E-state index contributed by atoms with van der Waals surface area (Å²) in [4.78, 5) is 31.0. The quantitative estimate of drug-likeness (QED) is 0.120. The standard InChI is InChI=1S/C41H48N2O6S/c1-28-7-4-20-40(2)36(34-17-11-29(25-31(44)14-10-28)26-35(34)38(45)37-9-5-23-49-37)18-21-41(40,47)27-43(22-19-33-8-6-24-50-33)39(46)42-30-12-15-32(48-3)16-13-30/h5-9,11-13,15-17,23-24,26,31,36,44,47H,4,10,14,18-22,25,27H2,1-3H3,(H,42,46). The molecule has 1 fully saturated rings. The third kappa shape index (κ3) is 7.75. The van der Waals surface area contributed by atoms with Gasteiger partial charge in [-0.05, 0) is 129 Å². The zero-order valence-electron chi connectivity index (χ0n) is 29.2. The molecule has 0 spiro atoms. The topological polar surface area (TPSA) is 112 Å². The van der Waals surface area contributed by atoms with Gasteiger partial charge in [0.05, 0.1) is 31.6 Å². The van der Waals surface area contributed by atoms with Crippen LogP contribution in [0.3, 0.4) is 0 Å². The monoisotopic (exact) mass is 696 g/mol. The molecule has 4 unspecified atom stereocenters. The number of nitrogens with one attached hydrogen (secondary N) is 1. The molecule has 0 aliphatic heterocycles. The number of aliphatic hydroxyl groups excluding tert-OH is 1. The smallest absolute Gasteiger partial charge is 0.321 e. The van der Waals surface area contributed by atoms with Crippen LogP contribution in [0.5, 0.6) is 5.75 Å². The number of hydrogen-bond acceptors (Lipinski definition) is 7. The van der Waals surface area contributed by atoms with Crippen molar-refractivity contribution >= 4 is 28.8 Å². The van der Waals surface area contributed by atoms with E-state index < -0.39 is 17.1 Å². The summed E-state index contributed by atoms with van der Waals surface area (Å²) in [5, 5.41) is 28.9. The number of ether oxygens (including phenoxy) is 1. The molecule has 50 heavy (non-hydrogen) atoms. The number of aliphatic hydroxyl groups is 2. The molecule has 3 aliphatic rings. The maximum absolute atomic E-state index is 14.0. The van der Waals surface area contributed by atoms with Crippen LogP contribution in [0.15, 0.2) is 94.4 Å². The van der Waals surface area contributed by atoms with E-state index in [1.165, 1.54) is 16.7 Å². The number of anilines is 1. The molecule has 9 heteroatoms. The van der Waals surface area contributed by atoms with E-state index in [9.17, 15) is 19.8 Å². The minimum Gasteiger partial charge on any atom is -0.497 e. The lowest BCUT2D eigenvalue weighted by molar-refractivity contribution is -0.0762. The van der Waals surface area contributed by atoms with Crippen molar-refractivity contribution in [2.75, 3.05) is 25.5 Å². The first kappa shape index (κ1) is 35.6. The average Bonchev–Trinajstić information content (AvgIpc) is 3.89. The normalized spacial score (nSPS) is 23.8. The largest absolute Gasteiger partial charge is 0.497 e. The molecule has 3 N–H and O–H groups in total. The third-order valence-corrected chi connectivity index (χ3v) is 11.9. The molecule has 8 nitrogen and oxygen atoms in total. The average molecular weight is 697 g/mol. The van der Waals surface area contributed by atoms with Crippen molar-refractivity contribution < 1.29 is 29.0 Å². The van der Waals surface area contributed by atoms with Crippen LogP contribution < -0.4 is 10.1 Å². The molecule has 4 aromatic rings. The number of carbonyl (C=O) groups excluding carboxylic acids is 2. The van der Waals surface area contributed by atoms with E-state index in [2.05, 4.69) is 31.3 Å². The van der Waals surface area contributed by atoms with Crippen LogP contribution in [0.2, 0.25) is 0 Å². The van der Waals surface area contributed by atoms with Crippen LogP contribution in [0.4, 0.5) is 10.5 Å². The molecule has 4 atom stereocenters. The number of urea groups is 1. The number of benzene rings is 2. The summed E-state index contributed by atoms with van der Waals surface area (Å²) < 4.78 is 10.9. The highest BCUT2D eigenvalue weighted by Crippen LogP contribution is 2.59. The Kier molecular flexibility index (Phi) is 11.0. The molecular formula is C41H48N2O6S. The summed E-state index contributed by atoms with van der Waals surface area (Å²) in [6.07, 6.45) is 8.20. The second kappa shape index (κ2) is 15.4. The van der Waals surface area contributed by atoms with E-state index in [0.717, 1.165) is 24.0 Å². The van der Waals surface area contributed by atoms with Gasteiger partial charge in [-0.1, -0.05) is 36.8 Å². The van der Waals surface area contributed by atoms with Gasteiger partial charge >= 0.3 is 6.03 Å². The van der Waals surface area contributed by atoms with Gasteiger partial charge in [-0.3, -0.25) is 4.79 Å². The molecule has 2 amide bonds. The number of nitrogens with zero attached hydrogens (tertiary/aromatic N) is 1. The summed E-state index contributed by atoms with van der Waals surface area (Å²) >= 11 is 1.65. The summed E-state index contributed by atoms with van der Waals surface area (Å²) in [6, 6.07) is 20.4. The molecule has 7 rings (SSSR count). The van der Waals surface area contributed by atoms with E-state index in [1.807, 2.05) is 41.8 Å². The highest BCUT2D eigenvalue weighted by atomic mass is 32.1. The minimum atomic E-state index is -1.25. The van der Waals surface area contributed by atoms with Gasteiger partial charge in [0.15, 0.2) is 5.76 Å². The summed E-state index contributed by atoms with van der Waals surface area (Å²) in [6.45, 7) is 4.81. The van der Waals surface area contributed by atoms with Crippen LogP contribution in [0.25, 0.3) is 0 Å². The van der Waals surface area contributed by atoms with E-state index >= 15 is 0 Å². The van der Waals surface area contributed by atoms with Gasteiger partial charge < -0.3 is 29.6 Å². The first-order valence-corrected chi connectivity index (χ1v) is 18.5. The predicted molar refractivity (Wildman–Crippen MR) is 197 cm³/mol. The number of allylic oxidation sites excluding steroid dienone is 2. The van der Waals surface area contributed by atoms with Crippen LogP contribution >= 0.6 is 11.3 Å². The van der Waals surface area contributed by atoms with Gasteiger partial charge in [-0.15, -0.1) is 11.3 Å². The van der Waals surface area contributed by atoms with Crippen molar-refractivity contribution in [3.8, 4) is 5.75 Å². The molecule has 1 saturated carbocycles. The molecular weight excluding hydrogens is 649 g/mol. The van der Waals surface area contributed by atoms with Gasteiger partial charge in [0.1, 0.15) is 5.75 Å². The second-order valence-electron chi connectivity index (χ2n) is 14.2. The lowest BCUT2D eigenvalue weighted by Gasteiger charge is -2.46. The minimum absolute atomic E-state index is 0.141. The van der Waals surface area contributed by atoms with E-state index in [-0.39, 0.29) is 30.0 Å². The van der Waals surface area contributed by atoms with Crippen molar-refractivity contribution in [1.82, 2.24) is 4.90 Å². The molecule has 3 aliphatic carbocycles. The fraction of sp³-hybridized carbons (Fsp3) is 0.415. The number of ketones is 1. The number of hydrogen-bond donors (Lipinski definition) is 3. The van der Waals surface area contributed by atoms with Crippen molar-refractivity contribution in [1.29, 1.82) is 0 Å². The van der Waals surface area contributed by atoms with Crippen LogP contribution in [0.1, 0.15) is 90.4 Å². The first-order valence-electron chi connectivity index (χ1n) is 17.6. The highest BCUT2D eigenvalue weighted by Gasteiger charge is 2.57. The van der Waals surface area contributed by atoms with Crippen LogP contribution in [0, 0.1) is 5.41 Å². The Morgan fingerprint density at radius 2 is 1.90 bits per heavy atom. The van der Waals surface area contributed by atoms with E-state index in [4.69, 9.17) is 9.15 Å². The van der Waals surface area contributed by atoms with Crippen molar-refractivity contribution in [2.45, 2.75) is 82.8 Å². The Balaban J connectivity index is 1.37. The number of methoxy groups -OCH3 is 1. The maximum Gasteiger partial charge on any atom is 0.321 e. The molecule has 2 aromatic carbocycles. The summed E-state index contributed by atoms with van der Waals surface area (Å²) in [5.41, 5.74) is 2.22. The predicted octanol–water partition coefficient (Wildman–Crippen LogP) is 8.40. The second-order valence-corrected chi connectivity index (χ2v) is 15.2. The Labute approximate surface area is 298 Å². The molecule has 2 bridgehead atoms. The van der Waals surface area contributed by atoms with Gasteiger partial charge in [0, 0.05) is 28.1 Å². The molecule has 264 valence electrons. The molecule has 0 radical (unpaired) electrons. The number of fused-ring (bicyclic) bond motifs is 8. The van der Waals surface area contributed by atoms with Crippen molar-refractivity contribution in [3.05, 3.63) is 117 Å². The lowest BCUT2D eigenvalue weighted by Crippen LogP contribution is -2.54. The van der Waals surface area contributed by atoms with E-state index in [0.29, 0.717) is 62.1 Å². The molecule has 2 heterocycles. The van der Waals surface area contributed by atoms with Gasteiger partial charge in [-0.25, -0.2) is 4.79 Å². The SMILES string of the molecule is COc1ccc(NC(=O)N(CCc2cccs2)CC2(O)CCC3c4ccc(cc4C(=O)c4ccco4)CC(O)CCC(C)=CCCC32C)cc1. The maximum atomic E-state index is 14.0. The van der Waals surface area contributed by atoms with Gasteiger partial charge in [0.2, 0.25) is 5.78 Å². The summed E-state index contributed by atoms with van der Waals surface area (Å²) in [7, 11) is 1.60. The number of furan rings is 1. The highest BCUT2D eigenvalue weighted by molar-refractivity contribution is 7.09. The van der Waals surface area contributed by atoms with Crippen LogP contribution in [-0.4, -0.2) is 58.8 Å². The Morgan fingerprint density at radius 1 is 1.08 bits per heavy atom. The first-order chi connectivity index (χ1) is 24.1. The summed E-state index contributed by atoms with van der Waals surface area (Å²) in [5.74, 6) is 0.580. The Hall–Kier alpha value is -4.18. The fourth-order valence-electron chi connectivity index (χ4n) is 7.88. The van der Waals surface area contributed by atoms with Crippen molar-refractivity contribution in [3.63, 3.8) is 0 Å². The number of rotatable bonds is 9. The Morgan fingerprint density at radius 3 is 2.62 bits per heavy atom. The third-order valence-electron chi connectivity index (χ3n) is 11.0. The zero-order valence-corrected chi connectivity index (χ0v) is 30.0. The lowest BCUT2D eigenvalue weighted by atomic mass is 9.64.